The molecule has 4 nitrogen and oxygen atoms in total. The monoisotopic (exact) mass is 387 g/mol. The van der Waals surface area contributed by atoms with Gasteiger partial charge < -0.3 is 9.47 Å². The van der Waals surface area contributed by atoms with Gasteiger partial charge in [-0.25, -0.2) is 4.98 Å². The minimum absolute atomic E-state index is 0.0814. The smallest absolute Gasteiger partial charge is 0.293 e. The Morgan fingerprint density at radius 1 is 1.17 bits per heavy atom. The van der Waals surface area contributed by atoms with Crippen molar-refractivity contribution in [1.82, 2.24) is 9.55 Å². The molecule has 1 aliphatic carbocycles. The van der Waals surface area contributed by atoms with E-state index < -0.39 is 0 Å². The fourth-order valence-electron chi connectivity index (χ4n) is 3.62. The molecule has 0 bridgehead atoms. The van der Waals surface area contributed by atoms with Crippen LogP contribution in [0.4, 0.5) is 5.82 Å². The highest BCUT2D eigenvalue weighted by atomic mass is 79.9. The molecule has 2 aliphatic rings. The molecule has 0 atom stereocenters. The van der Waals surface area contributed by atoms with E-state index in [9.17, 15) is 4.79 Å². The van der Waals surface area contributed by atoms with Crippen molar-refractivity contribution in [2.45, 2.75) is 44.6 Å². The second-order valence-corrected chi connectivity index (χ2v) is 7.82. The second kappa shape index (κ2) is 6.36. The van der Waals surface area contributed by atoms with Crippen LogP contribution in [0.2, 0.25) is 0 Å². The Balaban J connectivity index is 1.49. The highest BCUT2D eigenvalue weighted by Crippen LogP contribution is 2.34. The lowest BCUT2D eigenvalue weighted by Gasteiger charge is -2.32. The zero-order chi connectivity index (χ0) is 16.7. The van der Waals surface area contributed by atoms with Crippen molar-refractivity contribution in [1.29, 1.82) is 0 Å². The SMILES string of the molecule is Cc1cc(C2CCN(c3nccn(C4CC4)c3=O)CC2)ccc1Br. The van der Waals surface area contributed by atoms with Crippen LogP contribution in [-0.2, 0) is 0 Å². The molecule has 2 aromatic rings. The van der Waals surface area contributed by atoms with Crippen LogP contribution in [0.15, 0.2) is 39.9 Å². The van der Waals surface area contributed by atoms with E-state index in [1.54, 1.807) is 6.20 Å². The molecule has 1 saturated heterocycles. The van der Waals surface area contributed by atoms with Gasteiger partial charge in [-0.05, 0) is 55.7 Å². The van der Waals surface area contributed by atoms with E-state index in [4.69, 9.17) is 0 Å². The van der Waals surface area contributed by atoms with Gasteiger partial charge in [0.05, 0.1) is 0 Å². The number of rotatable bonds is 3. The van der Waals surface area contributed by atoms with E-state index in [-0.39, 0.29) is 5.56 Å². The highest BCUT2D eigenvalue weighted by molar-refractivity contribution is 9.10. The lowest BCUT2D eigenvalue weighted by molar-refractivity contribution is 0.499. The van der Waals surface area contributed by atoms with Gasteiger partial charge >= 0.3 is 0 Å². The predicted octanol–water partition coefficient (Wildman–Crippen LogP) is 4.03. The molecule has 2 heterocycles. The Kier molecular flexibility index (Phi) is 4.21. The number of aryl methyl sites for hydroxylation is 1. The molecule has 2 fully saturated rings. The number of halogens is 1. The van der Waals surface area contributed by atoms with Crippen LogP contribution in [0.5, 0.6) is 0 Å². The van der Waals surface area contributed by atoms with Crippen LogP contribution < -0.4 is 10.5 Å². The first-order valence-electron chi connectivity index (χ1n) is 8.71. The van der Waals surface area contributed by atoms with Gasteiger partial charge in [0.1, 0.15) is 0 Å². The summed E-state index contributed by atoms with van der Waals surface area (Å²) < 4.78 is 3.03. The Bertz CT molecular complexity index is 804. The van der Waals surface area contributed by atoms with Crippen LogP contribution in [0.1, 0.15) is 48.8 Å². The zero-order valence-electron chi connectivity index (χ0n) is 13.9. The molecule has 1 aromatic heterocycles. The van der Waals surface area contributed by atoms with Crippen molar-refractivity contribution in [3.63, 3.8) is 0 Å². The molecule has 0 N–H and O–H groups in total. The maximum absolute atomic E-state index is 12.6. The third-order valence-electron chi connectivity index (χ3n) is 5.24. The molecular weight excluding hydrogens is 366 g/mol. The largest absolute Gasteiger partial charge is 0.352 e. The summed E-state index contributed by atoms with van der Waals surface area (Å²) in [4.78, 5) is 19.2. The van der Waals surface area contributed by atoms with E-state index in [2.05, 4.69) is 50.9 Å². The Morgan fingerprint density at radius 3 is 2.58 bits per heavy atom. The summed E-state index contributed by atoms with van der Waals surface area (Å²) in [7, 11) is 0. The highest BCUT2D eigenvalue weighted by Gasteiger charge is 2.28. The minimum atomic E-state index is 0.0814. The quantitative estimate of drug-likeness (QED) is 0.797. The predicted molar refractivity (Wildman–Crippen MR) is 99.8 cm³/mol. The average molecular weight is 388 g/mol. The van der Waals surface area contributed by atoms with Crippen LogP contribution in [0.3, 0.4) is 0 Å². The first kappa shape index (κ1) is 15.9. The van der Waals surface area contributed by atoms with Crippen LogP contribution in [0.25, 0.3) is 0 Å². The molecule has 0 amide bonds. The summed E-state index contributed by atoms with van der Waals surface area (Å²) in [6.07, 6.45) is 7.99. The van der Waals surface area contributed by atoms with Gasteiger partial charge in [0.25, 0.3) is 5.56 Å². The van der Waals surface area contributed by atoms with Gasteiger partial charge in [0.15, 0.2) is 5.82 Å². The number of hydrogen-bond donors (Lipinski definition) is 0. The van der Waals surface area contributed by atoms with Gasteiger partial charge in [0, 0.05) is 36.0 Å². The molecule has 0 radical (unpaired) electrons. The third kappa shape index (κ3) is 3.02. The number of aromatic nitrogens is 2. The maximum atomic E-state index is 12.6. The Hall–Kier alpha value is -1.62. The first-order valence-corrected chi connectivity index (χ1v) is 9.51. The number of hydrogen-bond acceptors (Lipinski definition) is 3. The van der Waals surface area contributed by atoms with Crippen molar-refractivity contribution in [3.8, 4) is 0 Å². The molecule has 0 spiro atoms. The number of nitrogens with zero attached hydrogens (tertiary/aromatic N) is 3. The molecule has 1 aromatic carbocycles. The fraction of sp³-hybridized carbons (Fsp3) is 0.474. The van der Waals surface area contributed by atoms with E-state index in [1.807, 2.05) is 10.8 Å². The fourth-order valence-corrected chi connectivity index (χ4v) is 3.86. The molecule has 1 aliphatic heterocycles. The summed E-state index contributed by atoms with van der Waals surface area (Å²) in [5.41, 5.74) is 2.77. The molecule has 4 rings (SSSR count). The van der Waals surface area contributed by atoms with Gasteiger partial charge in [-0.2, -0.15) is 0 Å². The summed E-state index contributed by atoms with van der Waals surface area (Å²) in [6.45, 7) is 3.93. The molecule has 1 saturated carbocycles. The van der Waals surface area contributed by atoms with E-state index >= 15 is 0 Å². The molecular formula is C19H22BrN3O. The Morgan fingerprint density at radius 2 is 1.92 bits per heavy atom. The average Bonchev–Trinajstić information content (AvgIpc) is 3.43. The standard InChI is InChI=1S/C19H22BrN3O/c1-13-12-15(2-5-17(13)20)14-6-9-22(10-7-14)18-19(24)23(11-8-21-18)16-3-4-16/h2,5,8,11-12,14,16H,3-4,6-7,9-10H2,1H3. The van der Waals surface area contributed by atoms with Crippen molar-refractivity contribution >= 4 is 21.7 Å². The Labute approximate surface area is 150 Å². The minimum Gasteiger partial charge on any atom is -0.352 e. The van der Waals surface area contributed by atoms with Gasteiger partial charge in [0.2, 0.25) is 0 Å². The lowest BCUT2D eigenvalue weighted by atomic mass is 9.89. The van der Waals surface area contributed by atoms with Crippen molar-refractivity contribution < 1.29 is 0 Å². The summed E-state index contributed by atoms with van der Waals surface area (Å²) in [5.74, 6) is 1.21. The van der Waals surface area contributed by atoms with Gasteiger partial charge in [-0.1, -0.05) is 28.1 Å². The van der Waals surface area contributed by atoms with Crippen molar-refractivity contribution in [2.24, 2.45) is 0 Å². The first-order chi connectivity index (χ1) is 11.6. The van der Waals surface area contributed by atoms with Crippen LogP contribution in [-0.4, -0.2) is 22.6 Å². The lowest BCUT2D eigenvalue weighted by Crippen LogP contribution is -2.38. The third-order valence-corrected chi connectivity index (χ3v) is 6.13. The van der Waals surface area contributed by atoms with E-state index in [0.717, 1.165) is 43.2 Å². The van der Waals surface area contributed by atoms with Gasteiger partial charge in [-0.15, -0.1) is 0 Å². The maximum Gasteiger partial charge on any atom is 0.293 e. The summed E-state index contributed by atoms with van der Waals surface area (Å²) >= 11 is 3.57. The van der Waals surface area contributed by atoms with Crippen LogP contribution in [0, 0.1) is 6.92 Å². The van der Waals surface area contributed by atoms with E-state index in [0.29, 0.717) is 17.8 Å². The van der Waals surface area contributed by atoms with Crippen LogP contribution >= 0.6 is 15.9 Å². The number of piperidine rings is 1. The van der Waals surface area contributed by atoms with E-state index in [1.165, 1.54) is 11.1 Å². The second-order valence-electron chi connectivity index (χ2n) is 6.96. The topological polar surface area (TPSA) is 38.1 Å². The number of benzene rings is 1. The zero-order valence-corrected chi connectivity index (χ0v) is 15.5. The van der Waals surface area contributed by atoms with Gasteiger partial charge in [-0.3, -0.25) is 4.79 Å². The molecule has 5 heteroatoms. The summed E-state index contributed by atoms with van der Waals surface area (Å²) in [5, 5.41) is 0. The summed E-state index contributed by atoms with van der Waals surface area (Å²) in [6, 6.07) is 7.05. The molecule has 24 heavy (non-hydrogen) atoms. The van der Waals surface area contributed by atoms with Crippen molar-refractivity contribution in [3.05, 3.63) is 56.5 Å². The van der Waals surface area contributed by atoms with Crippen molar-refractivity contribution in [2.75, 3.05) is 18.0 Å². The number of anilines is 1. The normalized spacial score (nSPS) is 18.8. The molecule has 0 unspecified atom stereocenters. The molecule has 126 valence electrons.